The maximum atomic E-state index is 6.42. The van der Waals surface area contributed by atoms with Gasteiger partial charge in [0.25, 0.3) is 0 Å². The lowest BCUT2D eigenvalue weighted by Crippen LogP contribution is -2.57. The number of alkyl halides is 1. The molecule has 0 radical (unpaired) electrons. The fourth-order valence-electron chi connectivity index (χ4n) is 3.91. The van der Waals surface area contributed by atoms with E-state index in [1.165, 1.54) is 37.7 Å². The van der Waals surface area contributed by atoms with Crippen molar-refractivity contribution in [2.24, 2.45) is 5.41 Å². The molecule has 0 aliphatic heterocycles. The Labute approximate surface area is 137 Å². The quantitative estimate of drug-likeness (QED) is 0.608. The zero-order valence-electron chi connectivity index (χ0n) is 13.5. The van der Waals surface area contributed by atoms with Gasteiger partial charge in [-0.3, -0.25) is 0 Å². The zero-order valence-corrected chi connectivity index (χ0v) is 15.1. The van der Waals surface area contributed by atoms with Crippen molar-refractivity contribution in [3.05, 3.63) is 29.8 Å². The molecule has 2 saturated carbocycles. The van der Waals surface area contributed by atoms with Crippen molar-refractivity contribution in [2.75, 3.05) is 0 Å². The van der Waals surface area contributed by atoms with Gasteiger partial charge in [-0.15, -0.1) is 0 Å². The van der Waals surface area contributed by atoms with Crippen LogP contribution in [0.3, 0.4) is 0 Å². The van der Waals surface area contributed by atoms with Gasteiger partial charge in [0.05, 0.1) is 0 Å². The van der Waals surface area contributed by atoms with Crippen LogP contribution in [-0.2, 0) is 5.41 Å². The van der Waals surface area contributed by atoms with E-state index < -0.39 is 0 Å². The number of rotatable bonds is 2. The molecule has 2 aliphatic carbocycles. The molecule has 0 aromatic heterocycles. The summed E-state index contributed by atoms with van der Waals surface area (Å²) in [4.78, 5) is 0.654. The van der Waals surface area contributed by atoms with Gasteiger partial charge in [-0.1, -0.05) is 68.1 Å². The summed E-state index contributed by atoms with van der Waals surface area (Å²) < 4.78 is 6.42. The largest absolute Gasteiger partial charge is 0.490 e. The highest BCUT2D eigenvalue weighted by molar-refractivity contribution is 9.09. The summed E-state index contributed by atoms with van der Waals surface area (Å²) in [6.07, 6.45) is 8.33. The lowest BCUT2D eigenvalue weighted by Gasteiger charge is -2.55. The van der Waals surface area contributed by atoms with Crippen LogP contribution in [-0.4, -0.2) is 10.9 Å². The average Bonchev–Trinajstić information content (AvgIpc) is 2.47. The van der Waals surface area contributed by atoms with E-state index >= 15 is 0 Å². The maximum absolute atomic E-state index is 6.42. The Morgan fingerprint density at radius 1 is 1.14 bits per heavy atom. The first-order chi connectivity index (χ1) is 9.92. The highest BCUT2D eigenvalue weighted by Gasteiger charge is 2.55. The Bertz CT molecular complexity index is 497. The molecule has 0 heterocycles. The third-order valence-electron chi connectivity index (χ3n) is 5.45. The van der Waals surface area contributed by atoms with Crippen LogP contribution in [0.5, 0.6) is 5.75 Å². The van der Waals surface area contributed by atoms with Gasteiger partial charge in [0, 0.05) is 10.2 Å². The molecule has 3 rings (SSSR count). The molecular formula is C19H27BrO. The van der Waals surface area contributed by atoms with Gasteiger partial charge >= 0.3 is 0 Å². The number of hydrogen-bond donors (Lipinski definition) is 0. The van der Waals surface area contributed by atoms with Gasteiger partial charge < -0.3 is 4.74 Å². The van der Waals surface area contributed by atoms with Crippen molar-refractivity contribution >= 4 is 15.9 Å². The fraction of sp³-hybridized carbons (Fsp3) is 0.684. The number of halogens is 1. The van der Waals surface area contributed by atoms with E-state index in [4.69, 9.17) is 4.74 Å². The number of benzene rings is 1. The summed E-state index contributed by atoms with van der Waals surface area (Å²) in [6.45, 7) is 6.77. The van der Waals surface area contributed by atoms with Crippen LogP contribution in [0, 0.1) is 5.41 Å². The summed E-state index contributed by atoms with van der Waals surface area (Å²) >= 11 is 3.90. The minimum Gasteiger partial charge on any atom is -0.490 e. The van der Waals surface area contributed by atoms with Gasteiger partial charge in [0.2, 0.25) is 0 Å². The molecule has 0 amide bonds. The molecule has 2 heteroatoms. The van der Waals surface area contributed by atoms with Crippen molar-refractivity contribution in [3.8, 4) is 5.75 Å². The summed E-state index contributed by atoms with van der Waals surface area (Å²) in [5.41, 5.74) is 1.93. The Balaban J connectivity index is 1.75. The summed E-state index contributed by atoms with van der Waals surface area (Å²) in [5, 5.41) is 0. The highest BCUT2D eigenvalue weighted by atomic mass is 79.9. The molecule has 0 saturated heterocycles. The van der Waals surface area contributed by atoms with Crippen molar-refractivity contribution in [1.82, 2.24) is 0 Å². The summed E-state index contributed by atoms with van der Waals surface area (Å²) in [7, 11) is 0. The minimum absolute atomic E-state index is 0.180. The molecule has 0 bridgehead atoms. The first-order valence-electron chi connectivity index (χ1n) is 8.33. The van der Waals surface area contributed by atoms with Gasteiger partial charge in [0.15, 0.2) is 0 Å². The molecule has 0 N–H and O–H groups in total. The number of hydrogen-bond acceptors (Lipinski definition) is 1. The standard InChI is InChI=1S/C19H27BrO/c1-18(2,3)14-8-7-9-15(12-14)21-17-13-16(20)19(17)10-5-4-6-11-19/h7-9,12,16-17H,4-6,10-11,13H2,1-3H3. The van der Waals surface area contributed by atoms with Crippen LogP contribution in [0.25, 0.3) is 0 Å². The number of ether oxygens (including phenoxy) is 1. The third kappa shape index (κ3) is 2.88. The molecule has 2 unspecified atom stereocenters. The van der Waals surface area contributed by atoms with Crippen LogP contribution >= 0.6 is 15.9 Å². The van der Waals surface area contributed by atoms with Gasteiger partial charge in [0.1, 0.15) is 11.9 Å². The molecule has 116 valence electrons. The Morgan fingerprint density at radius 2 is 1.86 bits per heavy atom. The van der Waals surface area contributed by atoms with E-state index in [-0.39, 0.29) is 5.41 Å². The zero-order chi connectivity index (χ0) is 15.1. The topological polar surface area (TPSA) is 9.23 Å². The van der Waals surface area contributed by atoms with E-state index in [0.29, 0.717) is 16.3 Å². The molecular weight excluding hydrogens is 324 g/mol. The highest BCUT2D eigenvalue weighted by Crippen LogP contribution is 2.56. The molecule has 2 atom stereocenters. The van der Waals surface area contributed by atoms with Crippen molar-refractivity contribution in [2.45, 2.75) is 75.6 Å². The van der Waals surface area contributed by atoms with Crippen molar-refractivity contribution in [1.29, 1.82) is 0 Å². The SMILES string of the molecule is CC(C)(C)c1cccc(OC2CC(Br)C23CCCCC3)c1. The summed E-state index contributed by atoms with van der Waals surface area (Å²) in [5.74, 6) is 1.05. The van der Waals surface area contributed by atoms with Crippen LogP contribution in [0.1, 0.15) is 64.9 Å². The molecule has 1 spiro atoms. The third-order valence-corrected chi connectivity index (χ3v) is 6.73. The van der Waals surface area contributed by atoms with Crippen LogP contribution in [0.4, 0.5) is 0 Å². The monoisotopic (exact) mass is 350 g/mol. The second-order valence-corrected chi connectivity index (χ2v) is 8.99. The minimum atomic E-state index is 0.180. The Morgan fingerprint density at radius 3 is 2.48 bits per heavy atom. The Kier molecular flexibility index (Phi) is 4.11. The normalized spacial score (nSPS) is 28.2. The average molecular weight is 351 g/mol. The molecule has 1 nitrogen and oxygen atoms in total. The molecule has 1 aromatic rings. The summed E-state index contributed by atoms with van der Waals surface area (Å²) in [6, 6.07) is 8.69. The van der Waals surface area contributed by atoms with Crippen LogP contribution < -0.4 is 4.74 Å². The first-order valence-corrected chi connectivity index (χ1v) is 9.25. The maximum Gasteiger partial charge on any atom is 0.120 e. The predicted molar refractivity (Wildman–Crippen MR) is 92.4 cm³/mol. The molecule has 2 aliphatic rings. The molecule has 21 heavy (non-hydrogen) atoms. The van der Waals surface area contributed by atoms with E-state index in [1.807, 2.05) is 0 Å². The van der Waals surface area contributed by atoms with Crippen LogP contribution in [0.2, 0.25) is 0 Å². The van der Waals surface area contributed by atoms with E-state index in [2.05, 4.69) is 61.0 Å². The van der Waals surface area contributed by atoms with Crippen molar-refractivity contribution in [3.63, 3.8) is 0 Å². The van der Waals surface area contributed by atoms with E-state index in [0.717, 1.165) is 12.2 Å². The predicted octanol–water partition coefficient (Wildman–Crippen LogP) is 5.85. The van der Waals surface area contributed by atoms with Gasteiger partial charge in [-0.05, 0) is 42.4 Å². The molecule has 2 fully saturated rings. The Hall–Kier alpha value is -0.500. The van der Waals surface area contributed by atoms with Gasteiger partial charge in [-0.2, -0.15) is 0 Å². The lowest BCUT2D eigenvalue weighted by molar-refractivity contribution is -0.0601. The second-order valence-electron chi connectivity index (χ2n) is 7.88. The lowest BCUT2D eigenvalue weighted by atomic mass is 9.58. The first kappa shape index (κ1) is 15.4. The van der Waals surface area contributed by atoms with E-state index in [9.17, 15) is 0 Å². The van der Waals surface area contributed by atoms with Gasteiger partial charge in [-0.25, -0.2) is 0 Å². The smallest absolute Gasteiger partial charge is 0.120 e. The van der Waals surface area contributed by atoms with Crippen LogP contribution in [0.15, 0.2) is 24.3 Å². The molecule has 1 aromatic carbocycles. The second kappa shape index (κ2) is 5.61. The van der Waals surface area contributed by atoms with Crippen molar-refractivity contribution < 1.29 is 4.74 Å². The fourth-order valence-corrected chi connectivity index (χ4v) is 5.00. The van der Waals surface area contributed by atoms with E-state index in [1.54, 1.807) is 0 Å².